The molecule has 2 aliphatic rings. The lowest BCUT2D eigenvalue weighted by atomic mass is 9.58. The van der Waals surface area contributed by atoms with Crippen molar-refractivity contribution in [1.82, 2.24) is 9.88 Å². The predicted molar refractivity (Wildman–Crippen MR) is 87.2 cm³/mol. The maximum Gasteiger partial charge on any atom is 0.0730 e. The van der Waals surface area contributed by atoms with E-state index in [4.69, 9.17) is 27.9 Å². The largest absolute Gasteiger partial charge is 0.392 e. The van der Waals surface area contributed by atoms with Crippen molar-refractivity contribution in [3.8, 4) is 0 Å². The quantitative estimate of drug-likeness (QED) is 0.911. The topological polar surface area (TPSA) is 45.6 Å². The van der Waals surface area contributed by atoms with Crippen molar-refractivity contribution in [2.45, 2.75) is 44.9 Å². The third-order valence-electron chi connectivity index (χ3n) is 5.15. The summed E-state index contributed by atoms with van der Waals surface area (Å²) in [5.74, 6) is 0. The molecule has 1 N–H and O–H groups in total. The molecule has 1 saturated heterocycles. The normalized spacial score (nSPS) is 27.8. The Morgan fingerprint density at radius 3 is 2.73 bits per heavy atom. The smallest absolute Gasteiger partial charge is 0.0730 e. The van der Waals surface area contributed by atoms with Crippen molar-refractivity contribution in [3.63, 3.8) is 0 Å². The van der Waals surface area contributed by atoms with Crippen molar-refractivity contribution in [1.29, 1.82) is 0 Å². The highest BCUT2D eigenvalue weighted by Crippen LogP contribution is 2.51. The van der Waals surface area contributed by atoms with E-state index in [1.54, 1.807) is 12.3 Å². The number of hydrogen-bond acceptors (Lipinski definition) is 4. The first kappa shape index (κ1) is 16.5. The molecule has 1 spiro atoms. The van der Waals surface area contributed by atoms with Gasteiger partial charge in [0.2, 0.25) is 0 Å². The molecule has 1 aliphatic carbocycles. The van der Waals surface area contributed by atoms with Gasteiger partial charge in [-0.15, -0.1) is 0 Å². The standard InChI is InChI=1S/C16H22Cl2N2O2/c1-2-22-15-8-14(21)16(15)3-5-20(6-4-16)10-13-12(18)7-11(17)9-19-13/h7,9,14-15,21H,2-6,8,10H2,1H3. The van der Waals surface area contributed by atoms with Gasteiger partial charge < -0.3 is 9.84 Å². The number of likely N-dealkylation sites (tertiary alicyclic amines) is 1. The van der Waals surface area contributed by atoms with Crippen LogP contribution in [0.1, 0.15) is 31.9 Å². The molecule has 1 aromatic heterocycles. The summed E-state index contributed by atoms with van der Waals surface area (Å²) >= 11 is 12.1. The van der Waals surface area contributed by atoms with Gasteiger partial charge in [-0.05, 0) is 38.9 Å². The molecule has 6 heteroatoms. The number of nitrogens with zero attached hydrogens (tertiary/aromatic N) is 2. The number of hydrogen-bond donors (Lipinski definition) is 1. The molecule has 2 unspecified atom stereocenters. The summed E-state index contributed by atoms with van der Waals surface area (Å²) in [5.41, 5.74) is 0.821. The number of halogens is 2. The van der Waals surface area contributed by atoms with Gasteiger partial charge in [-0.1, -0.05) is 23.2 Å². The van der Waals surface area contributed by atoms with Crippen molar-refractivity contribution >= 4 is 23.2 Å². The van der Waals surface area contributed by atoms with E-state index in [0.717, 1.165) is 44.6 Å². The van der Waals surface area contributed by atoms with E-state index < -0.39 is 0 Å². The van der Waals surface area contributed by atoms with Crippen molar-refractivity contribution in [2.24, 2.45) is 5.41 Å². The Morgan fingerprint density at radius 2 is 2.14 bits per heavy atom. The lowest BCUT2D eigenvalue weighted by Crippen LogP contribution is -2.62. The molecule has 0 bridgehead atoms. The highest BCUT2D eigenvalue weighted by molar-refractivity contribution is 6.34. The van der Waals surface area contributed by atoms with Crippen LogP contribution in [0.25, 0.3) is 0 Å². The monoisotopic (exact) mass is 344 g/mol. The lowest BCUT2D eigenvalue weighted by molar-refractivity contribution is -0.209. The Hall–Kier alpha value is -0.390. The van der Waals surface area contributed by atoms with Crippen LogP contribution in [-0.4, -0.2) is 46.9 Å². The van der Waals surface area contributed by atoms with Gasteiger partial charge >= 0.3 is 0 Å². The molecule has 1 saturated carbocycles. The third kappa shape index (κ3) is 3.00. The van der Waals surface area contributed by atoms with E-state index in [1.807, 2.05) is 6.92 Å². The van der Waals surface area contributed by atoms with Gasteiger partial charge in [0.25, 0.3) is 0 Å². The van der Waals surface area contributed by atoms with Gasteiger partial charge in [-0.3, -0.25) is 9.88 Å². The molecule has 0 aromatic carbocycles. The number of pyridine rings is 1. The van der Waals surface area contributed by atoms with Gasteiger partial charge in [0.1, 0.15) is 0 Å². The van der Waals surface area contributed by atoms with Crippen LogP contribution in [-0.2, 0) is 11.3 Å². The summed E-state index contributed by atoms with van der Waals surface area (Å²) in [6.45, 7) is 5.32. The molecule has 2 fully saturated rings. The zero-order valence-corrected chi connectivity index (χ0v) is 14.3. The molecule has 3 rings (SSSR count). The summed E-state index contributed by atoms with van der Waals surface area (Å²) in [4.78, 5) is 6.66. The minimum absolute atomic E-state index is 0.0380. The highest BCUT2D eigenvalue weighted by atomic mass is 35.5. The Labute approximate surface area is 141 Å². The Bertz CT molecular complexity index is 531. The molecule has 1 aliphatic heterocycles. The second kappa shape index (κ2) is 6.62. The molecule has 1 aromatic rings. The van der Waals surface area contributed by atoms with Gasteiger partial charge in [-0.25, -0.2) is 0 Å². The summed E-state index contributed by atoms with van der Waals surface area (Å²) in [6.07, 6.45) is 4.33. The first-order chi connectivity index (χ1) is 10.5. The number of rotatable bonds is 4. The van der Waals surface area contributed by atoms with Crippen molar-refractivity contribution < 1.29 is 9.84 Å². The van der Waals surface area contributed by atoms with Crippen LogP contribution in [0.15, 0.2) is 12.3 Å². The van der Waals surface area contributed by atoms with Crippen LogP contribution >= 0.6 is 23.2 Å². The van der Waals surface area contributed by atoms with Gasteiger partial charge in [-0.2, -0.15) is 0 Å². The zero-order valence-electron chi connectivity index (χ0n) is 12.8. The van der Waals surface area contributed by atoms with Crippen LogP contribution < -0.4 is 0 Å². The first-order valence-electron chi connectivity index (χ1n) is 7.87. The van der Waals surface area contributed by atoms with E-state index in [2.05, 4.69) is 9.88 Å². The number of piperidine rings is 1. The predicted octanol–water partition coefficient (Wildman–Crippen LogP) is 3.14. The lowest BCUT2D eigenvalue weighted by Gasteiger charge is -2.56. The molecule has 0 radical (unpaired) electrons. The SMILES string of the molecule is CCOC1CC(O)C12CCN(Cc1ncc(Cl)cc1Cl)CC2. The fraction of sp³-hybridized carbons (Fsp3) is 0.688. The fourth-order valence-electron chi connectivity index (χ4n) is 3.72. The van der Waals surface area contributed by atoms with E-state index in [9.17, 15) is 5.11 Å². The Balaban J connectivity index is 1.60. The molecule has 122 valence electrons. The van der Waals surface area contributed by atoms with E-state index >= 15 is 0 Å². The van der Waals surface area contributed by atoms with Gasteiger partial charge in [0, 0.05) is 31.2 Å². The summed E-state index contributed by atoms with van der Waals surface area (Å²) in [7, 11) is 0. The van der Waals surface area contributed by atoms with Crippen molar-refractivity contribution in [3.05, 3.63) is 28.0 Å². The third-order valence-corrected chi connectivity index (χ3v) is 5.69. The van der Waals surface area contributed by atoms with Crippen LogP contribution in [0.5, 0.6) is 0 Å². The maximum atomic E-state index is 10.2. The molecule has 0 amide bonds. The average Bonchev–Trinajstić information content (AvgIpc) is 2.51. The summed E-state index contributed by atoms with van der Waals surface area (Å²) < 4.78 is 5.80. The van der Waals surface area contributed by atoms with Crippen LogP contribution in [0.3, 0.4) is 0 Å². The molecule has 22 heavy (non-hydrogen) atoms. The second-order valence-corrected chi connectivity index (χ2v) is 7.13. The highest BCUT2D eigenvalue weighted by Gasteiger charge is 2.55. The number of aliphatic hydroxyl groups excluding tert-OH is 1. The maximum absolute atomic E-state index is 10.2. The van der Waals surface area contributed by atoms with E-state index in [0.29, 0.717) is 16.7 Å². The summed E-state index contributed by atoms with van der Waals surface area (Å²) in [5, 5.41) is 11.4. The van der Waals surface area contributed by atoms with E-state index in [1.165, 1.54) is 0 Å². The zero-order chi connectivity index (χ0) is 15.7. The van der Waals surface area contributed by atoms with Crippen LogP contribution in [0.2, 0.25) is 10.0 Å². The molecule has 2 atom stereocenters. The fourth-order valence-corrected chi connectivity index (χ4v) is 4.16. The van der Waals surface area contributed by atoms with Crippen molar-refractivity contribution in [2.75, 3.05) is 19.7 Å². The Morgan fingerprint density at radius 1 is 1.41 bits per heavy atom. The van der Waals surface area contributed by atoms with Crippen LogP contribution in [0.4, 0.5) is 0 Å². The molecular formula is C16H22Cl2N2O2. The van der Waals surface area contributed by atoms with Gasteiger partial charge in [0.15, 0.2) is 0 Å². The number of ether oxygens (including phenoxy) is 1. The van der Waals surface area contributed by atoms with E-state index in [-0.39, 0.29) is 17.6 Å². The Kier molecular flexibility index (Phi) is 4.95. The summed E-state index contributed by atoms with van der Waals surface area (Å²) in [6, 6.07) is 1.73. The number of aromatic nitrogens is 1. The first-order valence-corrected chi connectivity index (χ1v) is 8.62. The molecule has 4 nitrogen and oxygen atoms in total. The molecule has 2 heterocycles. The van der Waals surface area contributed by atoms with Crippen LogP contribution in [0, 0.1) is 5.41 Å². The van der Waals surface area contributed by atoms with Gasteiger partial charge in [0.05, 0.1) is 27.9 Å². The second-order valence-electron chi connectivity index (χ2n) is 6.29. The minimum Gasteiger partial charge on any atom is -0.392 e. The number of aliphatic hydroxyl groups is 1. The molecular weight excluding hydrogens is 323 g/mol. The minimum atomic E-state index is -0.219. The average molecular weight is 345 g/mol.